The van der Waals surface area contributed by atoms with Crippen molar-refractivity contribution in [3.05, 3.63) is 83.4 Å². The molecule has 0 radical (unpaired) electrons. The molecule has 116 valence electrons. The number of aromatic hydroxyl groups is 1. The predicted octanol–water partition coefficient (Wildman–Crippen LogP) is 5.26. The van der Waals surface area contributed by atoms with Crippen molar-refractivity contribution in [2.24, 2.45) is 0 Å². The van der Waals surface area contributed by atoms with Crippen LogP contribution in [0.1, 0.15) is 16.7 Å². The Balaban J connectivity index is 1.95. The highest BCUT2D eigenvalue weighted by molar-refractivity contribution is 5.74. The SMILES string of the molecule is Cc1cc(O)cc(C)c1-c1ccccc1COc1ccccc1. The van der Waals surface area contributed by atoms with E-state index in [1.807, 2.05) is 56.3 Å². The lowest BCUT2D eigenvalue weighted by Gasteiger charge is -2.16. The molecule has 23 heavy (non-hydrogen) atoms. The lowest BCUT2D eigenvalue weighted by Crippen LogP contribution is -1.99. The van der Waals surface area contributed by atoms with Crippen molar-refractivity contribution < 1.29 is 9.84 Å². The summed E-state index contributed by atoms with van der Waals surface area (Å²) in [4.78, 5) is 0. The Bertz CT molecular complexity index is 784. The van der Waals surface area contributed by atoms with Crippen LogP contribution in [0, 0.1) is 13.8 Å². The average molecular weight is 304 g/mol. The largest absolute Gasteiger partial charge is 0.508 e. The quantitative estimate of drug-likeness (QED) is 0.713. The molecular weight excluding hydrogens is 284 g/mol. The summed E-state index contributed by atoms with van der Waals surface area (Å²) in [5.74, 6) is 1.17. The normalized spacial score (nSPS) is 10.5. The highest BCUT2D eigenvalue weighted by atomic mass is 16.5. The van der Waals surface area contributed by atoms with Crippen LogP contribution >= 0.6 is 0 Å². The summed E-state index contributed by atoms with van der Waals surface area (Å²) < 4.78 is 5.91. The van der Waals surface area contributed by atoms with E-state index in [1.165, 1.54) is 0 Å². The Kier molecular flexibility index (Phi) is 4.33. The minimum absolute atomic E-state index is 0.307. The van der Waals surface area contributed by atoms with E-state index in [9.17, 15) is 5.11 Å². The van der Waals surface area contributed by atoms with Crippen LogP contribution < -0.4 is 4.74 Å². The molecule has 3 aromatic rings. The van der Waals surface area contributed by atoms with Gasteiger partial charge in [0, 0.05) is 0 Å². The van der Waals surface area contributed by atoms with Gasteiger partial charge in [-0.05, 0) is 65.9 Å². The molecule has 0 fully saturated rings. The molecule has 0 amide bonds. The van der Waals surface area contributed by atoms with Gasteiger partial charge in [-0.25, -0.2) is 0 Å². The highest BCUT2D eigenvalue weighted by Gasteiger charge is 2.11. The minimum atomic E-state index is 0.307. The number of benzene rings is 3. The van der Waals surface area contributed by atoms with Crippen molar-refractivity contribution in [2.75, 3.05) is 0 Å². The molecule has 2 nitrogen and oxygen atoms in total. The van der Waals surface area contributed by atoms with E-state index >= 15 is 0 Å². The molecule has 2 heteroatoms. The van der Waals surface area contributed by atoms with Gasteiger partial charge in [-0.2, -0.15) is 0 Å². The molecule has 3 aromatic carbocycles. The number of hydrogen-bond donors (Lipinski definition) is 1. The van der Waals surface area contributed by atoms with E-state index in [4.69, 9.17) is 4.74 Å². The molecule has 0 aliphatic heterocycles. The first kappa shape index (κ1) is 15.2. The third kappa shape index (κ3) is 3.37. The van der Waals surface area contributed by atoms with E-state index in [0.717, 1.165) is 33.6 Å². The third-order valence-electron chi connectivity index (χ3n) is 3.94. The monoisotopic (exact) mass is 304 g/mol. The molecule has 0 heterocycles. The number of phenolic OH excluding ortho intramolecular Hbond substituents is 1. The molecule has 0 atom stereocenters. The van der Waals surface area contributed by atoms with E-state index in [1.54, 1.807) is 12.1 Å². The molecule has 0 aromatic heterocycles. The van der Waals surface area contributed by atoms with Gasteiger partial charge in [0.1, 0.15) is 18.1 Å². The predicted molar refractivity (Wildman–Crippen MR) is 93.8 cm³/mol. The maximum Gasteiger partial charge on any atom is 0.119 e. The van der Waals surface area contributed by atoms with Crippen molar-refractivity contribution in [1.29, 1.82) is 0 Å². The fourth-order valence-electron chi connectivity index (χ4n) is 2.93. The zero-order chi connectivity index (χ0) is 16.2. The second-order valence-electron chi connectivity index (χ2n) is 5.71. The van der Waals surface area contributed by atoms with Gasteiger partial charge in [0.2, 0.25) is 0 Å². The van der Waals surface area contributed by atoms with Gasteiger partial charge in [-0.3, -0.25) is 0 Å². The molecule has 0 spiro atoms. The Morgan fingerprint density at radius 3 is 2.13 bits per heavy atom. The summed E-state index contributed by atoms with van der Waals surface area (Å²) in [5.41, 5.74) is 5.58. The number of hydrogen-bond acceptors (Lipinski definition) is 2. The molecule has 3 rings (SSSR count). The molecule has 0 saturated carbocycles. The van der Waals surface area contributed by atoms with Crippen molar-refractivity contribution in [1.82, 2.24) is 0 Å². The maximum atomic E-state index is 9.76. The first-order chi connectivity index (χ1) is 11.1. The fraction of sp³-hybridized carbons (Fsp3) is 0.143. The molecular formula is C21H20O2. The van der Waals surface area contributed by atoms with Crippen molar-refractivity contribution >= 4 is 0 Å². The molecule has 0 unspecified atom stereocenters. The van der Waals surface area contributed by atoms with E-state index < -0.39 is 0 Å². The standard InChI is InChI=1S/C21H20O2/c1-15-12-18(22)13-16(2)21(15)20-11-7-6-8-17(20)14-23-19-9-4-3-5-10-19/h3-13,22H,14H2,1-2H3. The maximum absolute atomic E-state index is 9.76. The summed E-state index contributed by atoms with van der Waals surface area (Å²) in [6.45, 7) is 4.56. The Labute approximate surface area is 137 Å². The number of rotatable bonds is 4. The molecule has 0 aliphatic carbocycles. The molecule has 0 aliphatic rings. The van der Waals surface area contributed by atoms with Crippen LogP contribution in [0.3, 0.4) is 0 Å². The zero-order valence-corrected chi connectivity index (χ0v) is 13.4. The summed E-state index contributed by atoms with van der Waals surface area (Å²) >= 11 is 0. The number of aryl methyl sites for hydroxylation is 2. The second-order valence-corrected chi connectivity index (χ2v) is 5.71. The van der Waals surface area contributed by atoms with Crippen LogP contribution in [0.5, 0.6) is 11.5 Å². The summed E-state index contributed by atoms with van der Waals surface area (Å²) in [6, 6.07) is 21.7. The Morgan fingerprint density at radius 2 is 1.43 bits per heavy atom. The zero-order valence-electron chi connectivity index (χ0n) is 13.4. The second kappa shape index (κ2) is 6.57. The molecule has 0 bridgehead atoms. The van der Waals surface area contributed by atoms with Crippen LogP contribution in [-0.4, -0.2) is 5.11 Å². The average Bonchev–Trinajstić information content (AvgIpc) is 2.54. The molecule has 1 N–H and O–H groups in total. The third-order valence-corrected chi connectivity index (χ3v) is 3.94. The van der Waals surface area contributed by atoms with Crippen LogP contribution in [0.15, 0.2) is 66.7 Å². The van der Waals surface area contributed by atoms with Gasteiger partial charge < -0.3 is 9.84 Å². The summed E-state index contributed by atoms with van der Waals surface area (Å²) in [7, 11) is 0. The van der Waals surface area contributed by atoms with Gasteiger partial charge in [-0.1, -0.05) is 42.5 Å². The first-order valence-corrected chi connectivity index (χ1v) is 7.71. The Hall–Kier alpha value is -2.74. The van der Waals surface area contributed by atoms with Gasteiger partial charge in [0.25, 0.3) is 0 Å². The highest BCUT2D eigenvalue weighted by Crippen LogP contribution is 2.33. The fourth-order valence-corrected chi connectivity index (χ4v) is 2.93. The van der Waals surface area contributed by atoms with Gasteiger partial charge in [0.15, 0.2) is 0 Å². The van der Waals surface area contributed by atoms with Crippen molar-refractivity contribution in [3.8, 4) is 22.6 Å². The van der Waals surface area contributed by atoms with Crippen LogP contribution in [0.4, 0.5) is 0 Å². The Morgan fingerprint density at radius 1 is 0.826 bits per heavy atom. The van der Waals surface area contributed by atoms with Crippen LogP contribution in [-0.2, 0) is 6.61 Å². The number of para-hydroxylation sites is 1. The van der Waals surface area contributed by atoms with Gasteiger partial charge in [-0.15, -0.1) is 0 Å². The van der Waals surface area contributed by atoms with E-state index in [0.29, 0.717) is 12.4 Å². The lowest BCUT2D eigenvalue weighted by molar-refractivity contribution is 0.307. The smallest absolute Gasteiger partial charge is 0.119 e. The van der Waals surface area contributed by atoms with Gasteiger partial charge >= 0.3 is 0 Å². The van der Waals surface area contributed by atoms with Crippen LogP contribution in [0.2, 0.25) is 0 Å². The van der Waals surface area contributed by atoms with Crippen molar-refractivity contribution in [3.63, 3.8) is 0 Å². The lowest BCUT2D eigenvalue weighted by atomic mass is 9.92. The van der Waals surface area contributed by atoms with Crippen LogP contribution in [0.25, 0.3) is 11.1 Å². The van der Waals surface area contributed by atoms with E-state index in [-0.39, 0.29) is 0 Å². The topological polar surface area (TPSA) is 29.5 Å². The first-order valence-electron chi connectivity index (χ1n) is 7.71. The van der Waals surface area contributed by atoms with Gasteiger partial charge in [0.05, 0.1) is 0 Å². The number of ether oxygens (including phenoxy) is 1. The number of phenols is 1. The summed E-state index contributed by atoms with van der Waals surface area (Å²) in [5, 5.41) is 9.76. The van der Waals surface area contributed by atoms with E-state index in [2.05, 4.69) is 12.1 Å². The minimum Gasteiger partial charge on any atom is -0.508 e. The summed E-state index contributed by atoms with van der Waals surface area (Å²) in [6.07, 6.45) is 0. The molecule has 0 saturated heterocycles. The van der Waals surface area contributed by atoms with Crippen molar-refractivity contribution in [2.45, 2.75) is 20.5 Å².